The Bertz CT molecular complexity index is 197. The van der Waals surface area contributed by atoms with Crippen molar-refractivity contribution < 1.29 is 5.11 Å². The highest BCUT2D eigenvalue weighted by Gasteiger charge is 1.91. The zero-order valence-corrected chi connectivity index (χ0v) is 5.70. The van der Waals surface area contributed by atoms with Gasteiger partial charge in [-0.05, 0) is 6.42 Å². The Hall–Kier alpha value is -1.03. The van der Waals surface area contributed by atoms with Crippen LogP contribution in [0.15, 0.2) is 12.4 Å². The van der Waals surface area contributed by atoms with Crippen molar-refractivity contribution in [1.29, 1.82) is 0 Å². The van der Waals surface area contributed by atoms with Gasteiger partial charge in [0, 0.05) is 19.3 Å². The molecular formula is C6H11N3O. The van der Waals surface area contributed by atoms with E-state index in [1.54, 1.807) is 17.1 Å². The van der Waals surface area contributed by atoms with Crippen LogP contribution in [0.1, 0.15) is 6.42 Å². The second-order valence-electron chi connectivity index (χ2n) is 2.11. The predicted octanol–water partition coefficient (Wildman–Crippen LogP) is -0.152. The van der Waals surface area contributed by atoms with Gasteiger partial charge in [0.05, 0.1) is 11.9 Å². The minimum atomic E-state index is 0.194. The number of aliphatic hydroxyl groups is 1. The molecule has 4 nitrogen and oxygen atoms in total. The van der Waals surface area contributed by atoms with Crippen LogP contribution in [0.5, 0.6) is 0 Å². The van der Waals surface area contributed by atoms with Crippen molar-refractivity contribution in [3.8, 4) is 0 Å². The molecule has 0 saturated carbocycles. The molecule has 1 aromatic heterocycles. The van der Waals surface area contributed by atoms with Crippen LogP contribution in [0.25, 0.3) is 0 Å². The fourth-order valence-electron chi connectivity index (χ4n) is 0.735. The van der Waals surface area contributed by atoms with Crippen LogP contribution in [0.4, 0.5) is 5.69 Å². The normalized spacial score (nSPS) is 10.1. The summed E-state index contributed by atoms with van der Waals surface area (Å²) in [5.41, 5.74) is 6.07. The molecule has 0 unspecified atom stereocenters. The minimum absolute atomic E-state index is 0.194. The molecule has 0 radical (unpaired) electrons. The van der Waals surface area contributed by atoms with Crippen molar-refractivity contribution in [3.05, 3.63) is 12.4 Å². The van der Waals surface area contributed by atoms with Gasteiger partial charge in [0.25, 0.3) is 0 Å². The summed E-state index contributed by atoms with van der Waals surface area (Å²) in [5, 5.41) is 12.4. The zero-order chi connectivity index (χ0) is 7.40. The molecule has 0 spiro atoms. The Morgan fingerprint density at radius 2 is 2.50 bits per heavy atom. The third-order valence-corrected chi connectivity index (χ3v) is 1.20. The molecule has 0 amide bonds. The van der Waals surface area contributed by atoms with Gasteiger partial charge in [0.1, 0.15) is 0 Å². The van der Waals surface area contributed by atoms with E-state index in [2.05, 4.69) is 5.10 Å². The lowest BCUT2D eigenvalue weighted by molar-refractivity contribution is 0.277. The van der Waals surface area contributed by atoms with Gasteiger partial charge in [0.15, 0.2) is 0 Å². The van der Waals surface area contributed by atoms with E-state index in [4.69, 9.17) is 10.8 Å². The van der Waals surface area contributed by atoms with Crippen LogP contribution in [-0.4, -0.2) is 21.5 Å². The molecule has 1 heterocycles. The lowest BCUT2D eigenvalue weighted by Crippen LogP contribution is -1.99. The van der Waals surface area contributed by atoms with Gasteiger partial charge in [-0.1, -0.05) is 0 Å². The number of rotatable bonds is 3. The molecule has 4 heteroatoms. The van der Waals surface area contributed by atoms with Gasteiger partial charge in [0.2, 0.25) is 0 Å². The Kier molecular flexibility index (Phi) is 2.28. The predicted molar refractivity (Wildman–Crippen MR) is 38.3 cm³/mol. The first-order valence-electron chi connectivity index (χ1n) is 3.21. The number of hydrogen-bond acceptors (Lipinski definition) is 3. The number of nitrogens with two attached hydrogens (primary N) is 1. The minimum Gasteiger partial charge on any atom is -0.396 e. The second kappa shape index (κ2) is 3.22. The molecule has 0 bridgehead atoms. The van der Waals surface area contributed by atoms with Crippen molar-refractivity contribution in [2.45, 2.75) is 13.0 Å². The monoisotopic (exact) mass is 141 g/mol. The van der Waals surface area contributed by atoms with Gasteiger partial charge >= 0.3 is 0 Å². The van der Waals surface area contributed by atoms with E-state index >= 15 is 0 Å². The second-order valence-corrected chi connectivity index (χ2v) is 2.11. The highest BCUT2D eigenvalue weighted by molar-refractivity contribution is 5.30. The maximum atomic E-state index is 8.46. The van der Waals surface area contributed by atoms with Crippen LogP contribution in [0.3, 0.4) is 0 Å². The quantitative estimate of drug-likeness (QED) is 0.615. The van der Waals surface area contributed by atoms with Crippen LogP contribution < -0.4 is 5.73 Å². The highest BCUT2D eigenvalue weighted by Crippen LogP contribution is 1.97. The molecule has 0 aliphatic rings. The molecule has 1 rings (SSSR count). The van der Waals surface area contributed by atoms with E-state index in [0.29, 0.717) is 5.69 Å². The van der Waals surface area contributed by atoms with Crippen molar-refractivity contribution in [2.75, 3.05) is 12.3 Å². The van der Waals surface area contributed by atoms with Gasteiger partial charge in [-0.2, -0.15) is 5.10 Å². The molecule has 3 N–H and O–H groups in total. The summed E-state index contributed by atoms with van der Waals surface area (Å²) in [6, 6.07) is 0. The molecule has 0 aliphatic heterocycles. The van der Waals surface area contributed by atoms with Gasteiger partial charge < -0.3 is 10.8 Å². The lowest BCUT2D eigenvalue weighted by atomic mass is 10.4. The topological polar surface area (TPSA) is 64.1 Å². The molecule has 0 fully saturated rings. The van der Waals surface area contributed by atoms with Crippen LogP contribution in [-0.2, 0) is 6.54 Å². The third kappa shape index (κ3) is 1.73. The van der Waals surface area contributed by atoms with Crippen LogP contribution in [0, 0.1) is 0 Å². The Morgan fingerprint density at radius 1 is 1.70 bits per heavy atom. The first-order chi connectivity index (χ1) is 4.83. The largest absolute Gasteiger partial charge is 0.396 e. The molecule has 10 heavy (non-hydrogen) atoms. The fourth-order valence-corrected chi connectivity index (χ4v) is 0.735. The highest BCUT2D eigenvalue weighted by atomic mass is 16.3. The van der Waals surface area contributed by atoms with Crippen molar-refractivity contribution in [3.63, 3.8) is 0 Å². The van der Waals surface area contributed by atoms with E-state index in [0.717, 1.165) is 13.0 Å². The van der Waals surface area contributed by atoms with Crippen LogP contribution >= 0.6 is 0 Å². The van der Waals surface area contributed by atoms with E-state index in [-0.39, 0.29) is 6.61 Å². The molecule has 0 aliphatic carbocycles. The summed E-state index contributed by atoms with van der Waals surface area (Å²) >= 11 is 0. The molecule has 0 atom stereocenters. The average molecular weight is 141 g/mol. The number of nitrogen functional groups attached to an aromatic ring is 1. The van der Waals surface area contributed by atoms with Crippen molar-refractivity contribution in [1.82, 2.24) is 9.78 Å². The number of aryl methyl sites for hydroxylation is 1. The molecule has 0 saturated heterocycles. The number of aromatic nitrogens is 2. The maximum Gasteiger partial charge on any atom is 0.0719 e. The Labute approximate surface area is 59.3 Å². The van der Waals surface area contributed by atoms with E-state index in [1.807, 2.05) is 0 Å². The average Bonchev–Trinajstić information content (AvgIpc) is 2.31. The third-order valence-electron chi connectivity index (χ3n) is 1.20. The zero-order valence-electron chi connectivity index (χ0n) is 5.70. The first-order valence-corrected chi connectivity index (χ1v) is 3.21. The van der Waals surface area contributed by atoms with E-state index in [9.17, 15) is 0 Å². The summed E-state index contributed by atoms with van der Waals surface area (Å²) < 4.78 is 1.71. The summed E-state index contributed by atoms with van der Waals surface area (Å²) in [4.78, 5) is 0. The molecule has 56 valence electrons. The smallest absolute Gasteiger partial charge is 0.0719 e. The summed E-state index contributed by atoms with van der Waals surface area (Å²) in [5.74, 6) is 0. The summed E-state index contributed by atoms with van der Waals surface area (Å²) in [6.07, 6.45) is 4.06. The first kappa shape index (κ1) is 7.08. The van der Waals surface area contributed by atoms with Crippen molar-refractivity contribution >= 4 is 5.69 Å². The van der Waals surface area contributed by atoms with E-state index < -0.39 is 0 Å². The van der Waals surface area contributed by atoms with E-state index in [1.165, 1.54) is 0 Å². The SMILES string of the molecule is Nc1cnn(CCCO)c1. The van der Waals surface area contributed by atoms with Gasteiger partial charge in [-0.3, -0.25) is 4.68 Å². The number of anilines is 1. The standard InChI is InChI=1S/C6H11N3O/c7-6-4-8-9(5-6)2-1-3-10/h4-5,10H,1-3,7H2. The van der Waals surface area contributed by atoms with Gasteiger partial charge in [-0.15, -0.1) is 0 Å². The van der Waals surface area contributed by atoms with Gasteiger partial charge in [-0.25, -0.2) is 0 Å². The number of nitrogens with zero attached hydrogens (tertiary/aromatic N) is 2. The Balaban J connectivity index is 2.42. The number of hydrogen-bond donors (Lipinski definition) is 2. The molecule has 1 aromatic rings. The Morgan fingerprint density at radius 3 is 3.00 bits per heavy atom. The number of aliphatic hydroxyl groups excluding tert-OH is 1. The summed E-state index contributed by atoms with van der Waals surface area (Å²) in [6.45, 7) is 0.924. The maximum absolute atomic E-state index is 8.46. The fraction of sp³-hybridized carbons (Fsp3) is 0.500. The van der Waals surface area contributed by atoms with Crippen LogP contribution in [0.2, 0.25) is 0 Å². The van der Waals surface area contributed by atoms with Crippen molar-refractivity contribution in [2.24, 2.45) is 0 Å². The summed E-state index contributed by atoms with van der Waals surface area (Å²) in [7, 11) is 0. The molecule has 0 aromatic carbocycles. The lowest BCUT2D eigenvalue weighted by Gasteiger charge is -1.95. The molecular weight excluding hydrogens is 130 g/mol.